The number of aromatic nitrogens is 2. The third-order valence-electron chi connectivity index (χ3n) is 7.30. The Bertz CT molecular complexity index is 1400. The summed E-state index contributed by atoms with van der Waals surface area (Å²) in [6.45, 7) is 7.42. The zero-order valence-electron chi connectivity index (χ0n) is 22.3. The van der Waals surface area contributed by atoms with Gasteiger partial charge in [-0.3, -0.25) is 9.89 Å². The molecular formula is C27H30F3N7O3. The van der Waals surface area contributed by atoms with Crippen molar-refractivity contribution in [3.05, 3.63) is 65.4 Å². The number of likely N-dealkylation sites (N-methyl/N-ethyl adjacent to an activating group) is 1. The predicted molar refractivity (Wildman–Crippen MR) is 143 cm³/mol. The van der Waals surface area contributed by atoms with Gasteiger partial charge in [0.25, 0.3) is 5.91 Å². The van der Waals surface area contributed by atoms with Gasteiger partial charge in [0.2, 0.25) is 0 Å². The van der Waals surface area contributed by atoms with Crippen LogP contribution >= 0.6 is 0 Å². The Kier molecular flexibility index (Phi) is 7.08. The number of anilines is 3. The average molecular weight is 558 g/mol. The van der Waals surface area contributed by atoms with Crippen LogP contribution in [0.1, 0.15) is 35.5 Å². The van der Waals surface area contributed by atoms with Crippen molar-refractivity contribution >= 4 is 29.1 Å². The number of urea groups is 1. The number of fused-ring (bicyclic) bond motifs is 1. The van der Waals surface area contributed by atoms with Gasteiger partial charge in [0.15, 0.2) is 11.6 Å². The highest BCUT2D eigenvalue weighted by Gasteiger charge is 2.44. The number of amides is 3. The predicted octanol–water partition coefficient (Wildman–Crippen LogP) is 4.60. The molecular weight excluding hydrogens is 527 g/mol. The SMILES string of the molecule is CN1CCN(c2ccc(C(=O)Nc3n[nH]c4c3CN(C(=O)Nc3ccccc3OC(F)(F)F)C4(C)C)cc2)CC1. The molecule has 0 bridgehead atoms. The molecule has 10 nitrogen and oxygen atoms in total. The van der Waals surface area contributed by atoms with Crippen LogP contribution in [0.3, 0.4) is 0 Å². The fraction of sp³-hybridized carbons (Fsp3) is 0.370. The van der Waals surface area contributed by atoms with Gasteiger partial charge in [-0.15, -0.1) is 13.2 Å². The van der Waals surface area contributed by atoms with Gasteiger partial charge in [0.05, 0.1) is 23.5 Å². The largest absolute Gasteiger partial charge is 0.573 e. The van der Waals surface area contributed by atoms with Gasteiger partial charge in [0, 0.05) is 43.0 Å². The zero-order chi connectivity index (χ0) is 28.7. The van der Waals surface area contributed by atoms with Gasteiger partial charge >= 0.3 is 12.4 Å². The zero-order valence-corrected chi connectivity index (χ0v) is 22.3. The molecule has 0 spiro atoms. The summed E-state index contributed by atoms with van der Waals surface area (Å²) >= 11 is 0. The number of nitrogens with zero attached hydrogens (tertiary/aromatic N) is 4. The number of rotatable bonds is 5. The minimum absolute atomic E-state index is 0.0743. The Morgan fingerprint density at radius 1 is 1.00 bits per heavy atom. The normalized spacial score (nSPS) is 16.9. The number of aromatic amines is 1. The highest BCUT2D eigenvalue weighted by Crippen LogP contribution is 2.41. The van der Waals surface area contributed by atoms with E-state index in [1.54, 1.807) is 26.0 Å². The highest BCUT2D eigenvalue weighted by atomic mass is 19.4. The Labute approximate surface area is 229 Å². The quantitative estimate of drug-likeness (QED) is 0.424. The van der Waals surface area contributed by atoms with Gasteiger partial charge < -0.3 is 30.1 Å². The van der Waals surface area contributed by atoms with Gasteiger partial charge in [-0.05, 0) is 57.3 Å². The lowest BCUT2D eigenvalue weighted by molar-refractivity contribution is -0.274. The van der Waals surface area contributed by atoms with Crippen LogP contribution in [0, 0.1) is 0 Å². The summed E-state index contributed by atoms with van der Waals surface area (Å²) in [5.41, 5.74) is 1.73. The minimum atomic E-state index is -4.91. The number of carbonyl (C=O) groups is 2. The molecule has 2 aromatic carbocycles. The average Bonchev–Trinajstić information content (AvgIpc) is 3.42. The third-order valence-corrected chi connectivity index (χ3v) is 7.30. The third kappa shape index (κ3) is 5.55. The van der Waals surface area contributed by atoms with Crippen molar-refractivity contribution in [2.45, 2.75) is 32.3 Å². The van der Waals surface area contributed by atoms with Crippen molar-refractivity contribution in [3.8, 4) is 5.75 Å². The molecule has 0 aliphatic carbocycles. The smallest absolute Gasteiger partial charge is 0.404 e. The molecule has 2 aliphatic heterocycles. The van der Waals surface area contributed by atoms with E-state index < -0.39 is 23.7 Å². The minimum Gasteiger partial charge on any atom is -0.404 e. The number of piperazine rings is 1. The molecule has 3 aromatic rings. The van der Waals surface area contributed by atoms with Gasteiger partial charge in [-0.2, -0.15) is 5.10 Å². The summed E-state index contributed by atoms with van der Waals surface area (Å²) in [6.07, 6.45) is -4.91. The van der Waals surface area contributed by atoms with Crippen LogP contribution in [0.2, 0.25) is 0 Å². The van der Waals surface area contributed by atoms with Crippen LogP contribution in [-0.4, -0.2) is 71.5 Å². The number of H-pyrrole nitrogens is 1. The van der Waals surface area contributed by atoms with Crippen LogP contribution in [0.15, 0.2) is 48.5 Å². The molecule has 0 unspecified atom stereocenters. The molecule has 0 atom stereocenters. The molecule has 3 N–H and O–H groups in total. The van der Waals surface area contributed by atoms with E-state index in [0.717, 1.165) is 37.9 Å². The van der Waals surface area contributed by atoms with Crippen molar-refractivity contribution in [2.24, 2.45) is 0 Å². The maximum atomic E-state index is 13.2. The lowest BCUT2D eigenvalue weighted by Gasteiger charge is -2.34. The van der Waals surface area contributed by atoms with Gasteiger partial charge in [-0.25, -0.2) is 4.79 Å². The van der Waals surface area contributed by atoms with Crippen molar-refractivity contribution in [2.75, 3.05) is 48.8 Å². The summed E-state index contributed by atoms with van der Waals surface area (Å²) < 4.78 is 42.5. The monoisotopic (exact) mass is 557 g/mol. The van der Waals surface area contributed by atoms with E-state index in [1.807, 2.05) is 12.1 Å². The molecule has 0 radical (unpaired) electrons. The number of halogens is 3. The fourth-order valence-electron chi connectivity index (χ4n) is 4.98. The molecule has 0 saturated carbocycles. The van der Waals surface area contributed by atoms with Crippen LogP contribution in [0.4, 0.5) is 35.2 Å². The lowest BCUT2D eigenvalue weighted by atomic mass is 10.0. The van der Waals surface area contributed by atoms with E-state index in [2.05, 4.69) is 42.4 Å². The Morgan fingerprint density at radius 3 is 2.35 bits per heavy atom. The molecule has 1 aromatic heterocycles. The number of alkyl halides is 3. The number of hydrogen-bond donors (Lipinski definition) is 3. The first-order valence-electron chi connectivity index (χ1n) is 12.8. The Hall–Kier alpha value is -4.26. The number of para-hydroxylation sites is 2. The van der Waals surface area contributed by atoms with E-state index in [4.69, 9.17) is 0 Å². The second kappa shape index (κ2) is 10.4. The highest BCUT2D eigenvalue weighted by molar-refractivity contribution is 6.04. The van der Waals surface area contributed by atoms with E-state index in [9.17, 15) is 22.8 Å². The second-order valence-electron chi connectivity index (χ2n) is 10.3. The molecule has 3 amide bonds. The maximum absolute atomic E-state index is 13.2. The first-order valence-corrected chi connectivity index (χ1v) is 12.8. The summed E-state index contributed by atoms with van der Waals surface area (Å²) in [5, 5.41) is 12.5. The lowest BCUT2D eigenvalue weighted by Crippen LogP contribution is -2.44. The maximum Gasteiger partial charge on any atom is 0.573 e. The second-order valence-corrected chi connectivity index (χ2v) is 10.3. The molecule has 40 heavy (non-hydrogen) atoms. The van der Waals surface area contributed by atoms with Crippen molar-refractivity contribution < 1.29 is 27.5 Å². The van der Waals surface area contributed by atoms with E-state index >= 15 is 0 Å². The van der Waals surface area contributed by atoms with Gasteiger partial charge in [0.1, 0.15) is 0 Å². The number of ether oxygens (including phenoxy) is 1. The van der Waals surface area contributed by atoms with Crippen molar-refractivity contribution in [3.63, 3.8) is 0 Å². The van der Waals surface area contributed by atoms with Crippen molar-refractivity contribution in [1.29, 1.82) is 0 Å². The fourth-order valence-corrected chi connectivity index (χ4v) is 4.98. The van der Waals surface area contributed by atoms with Crippen LogP contribution in [-0.2, 0) is 12.1 Å². The van der Waals surface area contributed by atoms with Gasteiger partial charge in [-0.1, -0.05) is 12.1 Å². The van der Waals surface area contributed by atoms with Crippen LogP contribution in [0.25, 0.3) is 0 Å². The Balaban J connectivity index is 1.27. The van der Waals surface area contributed by atoms with Crippen LogP contribution < -0.4 is 20.3 Å². The summed E-state index contributed by atoms with van der Waals surface area (Å²) in [5.74, 6) is -0.586. The van der Waals surface area contributed by atoms with Crippen LogP contribution in [0.5, 0.6) is 5.75 Å². The standard InChI is InChI=1S/C27H30F3N7O3/c1-26(2)22-19(16-37(26)25(39)31-20-6-4-5-7-21(20)40-27(28,29)30)23(34-33-22)32-24(38)17-8-10-18(11-9-17)36-14-12-35(3)13-15-36/h4-11H,12-16H2,1-3H3,(H,31,39)(H2,32,33,34,38). The Morgan fingerprint density at radius 2 is 1.68 bits per heavy atom. The summed E-state index contributed by atoms with van der Waals surface area (Å²) in [6, 6.07) is 12.0. The molecule has 2 aliphatic rings. The number of nitrogens with one attached hydrogen (secondary N) is 3. The van der Waals surface area contributed by atoms with E-state index in [-0.39, 0.29) is 24.0 Å². The van der Waals surface area contributed by atoms with Crippen molar-refractivity contribution in [1.82, 2.24) is 20.0 Å². The van der Waals surface area contributed by atoms with E-state index in [0.29, 0.717) is 16.8 Å². The topological polar surface area (TPSA) is 106 Å². The summed E-state index contributed by atoms with van der Waals surface area (Å²) in [7, 11) is 2.09. The molecule has 13 heteroatoms. The summed E-state index contributed by atoms with van der Waals surface area (Å²) in [4.78, 5) is 32.2. The first kappa shape index (κ1) is 27.3. The molecule has 212 valence electrons. The molecule has 1 fully saturated rings. The first-order chi connectivity index (χ1) is 18.9. The molecule has 3 heterocycles. The molecule has 1 saturated heterocycles. The number of carbonyl (C=O) groups excluding carboxylic acids is 2. The molecule has 5 rings (SSSR count). The van der Waals surface area contributed by atoms with E-state index in [1.165, 1.54) is 23.1 Å². The number of hydrogen-bond acceptors (Lipinski definition) is 6. The number of benzene rings is 2.